The van der Waals surface area contributed by atoms with Crippen molar-refractivity contribution in [3.63, 3.8) is 0 Å². The first kappa shape index (κ1) is 13.1. The van der Waals surface area contributed by atoms with Crippen molar-refractivity contribution >= 4 is 35.4 Å². The van der Waals surface area contributed by atoms with E-state index in [1.807, 2.05) is 60.7 Å². The van der Waals surface area contributed by atoms with E-state index < -0.39 is 11.9 Å². The average Bonchev–Trinajstić information content (AvgIpc) is 2.70. The largest absolute Gasteiger partial charge is 0.462 e. The van der Waals surface area contributed by atoms with Crippen molar-refractivity contribution < 1.29 is 14.3 Å². The van der Waals surface area contributed by atoms with Crippen molar-refractivity contribution in [1.29, 1.82) is 0 Å². The number of hydrogen-bond donors (Lipinski definition) is 0. The van der Waals surface area contributed by atoms with Crippen LogP contribution in [0.3, 0.4) is 0 Å². The van der Waals surface area contributed by atoms with Crippen LogP contribution in [-0.4, -0.2) is 19.0 Å². The molecule has 0 radical (unpaired) electrons. The summed E-state index contributed by atoms with van der Waals surface area (Å²) in [4.78, 5) is 25.5. The molecule has 1 amide bonds. The number of rotatable bonds is 0. The van der Waals surface area contributed by atoms with Crippen molar-refractivity contribution in [2.45, 2.75) is 0 Å². The van der Waals surface area contributed by atoms with Crippen molar-refractivity contribution in [1.82, 2.24) is 0 Å². The summed E-state index contributed by atoms with van der Waals surface area (Å²) in [6.45, 7) is 0. The summed E-state index contributed by atoms with van der Waals surface area (Å²) >= 11 is 0. The van der Waals surface area contributed by atoms with Crippen molar-refractivity contribution in [3.8, 4) is 0 Å². The van der Waals surface area contributed by atoms with Crippen LogP contribution >= 0.6 is 0 Å². The second-order valence-electron chi connectivity index (χ2n) is 4.58. The fourth-order valence-electron chi connectivity index (χ4n) is 2.37. The standard InChI is InChI=1S/C17H13NO3/c1-21-17(20)16(19)18-14-8-4-2-6-12(14)10-11-13-7-3-5-9-15(13)18/h2-11H,1H3. The molecule has 1 heterocycles. The topological polar surface area (TPSA) is 46.6 Å². The van der Waals surface area contributed by atoms with Gasteiger partial charge in [-0.2, -0.15) is 0 Å². The maximum Gasteiger partial charge on any atom is 0.397 e. The molecule has 0 aliphatic carbocycles. The average molecular weight is 279 g/mol. The second kappa shape index (κ2) is 5.25. The minimum atomic E-state index is -0.887. The molecule has 21 heavy (non-hydrogen) atoms. The number of hydrogen-bond acceptors (Lipinski definition) is 3. The first-order valence-corrected chi connectivity index (χ1v) is 6.51. The van der Waals surface area contributed by atoms with Gasteiger partial charge in [0.05, 0.1) is 18.5 Å². The third-order valence-electron chi connectivity index (χ3n) is 3.36. The normalized spacial score (nSPS) is 12.1. The number of methoxy groups -OCH3 is 1. The van der Waals surface area contributed by atoms with E-state index in [-0.39, 0.29) is 0 Å². The Bertz CT molecular complexity index is 700. The molecule has 4 heteroatoms. The van der Waals surface area contributed by atoms with Crippen LogP contribution < -0.4 is 4.90 Å². The zero-order chi connectivity index (χ0) is 14.8. The van der Waals surface area contributed by atoms with Crippen LogP contribution in [0.15, 0.2) is 48.5 Å². The number of anilines is 2. The maximum atomic E-state index is 12.4. The molecule has 0 unspecified atom stereocenters. The molecule has 0 N–H and O–H groups in total. The number of carbonyl (C=O) groups is 2. The fourth-order valence-corrected chi connectivity index (χ4v) is 2.37. The Morgan fingerprint density at radius 2 is 1.33 bits per heavy atom. The molecule has 2 aromatic rings. The number of carbonyl (C=O) groups excluding carboxylic acids is 2. The zero-order valence-corrected chi connectivity index (χ0v) is 11.4. The Labute approximate surface area is 122 Å². The number of esters is 1. The van der Waals surface area contributed by atoms with Crippen LogP contribution in [0.5, 0.6) is 0 Å². The molecule has 0 fully saturated rings. The number of benzene rings is 2. The number of nitrogens with zero attached hydrogens (tertiary/aromatic N) is 1. The summed E-state index contributed by atoms with van der Waals surface area (Å²) in [6.07, 6.45) is 3.86. The van der Waals surface area contributed by atoms with E-state index in [0.29, 0.717) is 11.4 Å². The Morgan fingerprint density at radius 1 is 0.857 bits per heavy atom. The van der Waals surface area contributed by atoms with Crippen LogP contribution in [0.25, 0.3) is 12.2 Å². The lowest BCUT2D eigenvalue weighted by molar-refractivity contribution is -0.151. The SMILES string of the molecule is COC(=O)C(=O)N1c2ccccc2C=Cc2ccccc21. The minimum absolute atomic E-state index is 0.661. The summed E-state index contributed by atoms with van der Waals surface area (Å²) in [7, 11) is 1.20. The highest BCUT2D eigenvalue weighted by atomic mass is 16.5. The molecule has 1 aliphatic rings. The van der Waals surface area contributed by atoms with Crippen LogP contribution in [0.4, 0.5) is 11.4 Å². The van der Waals surface area contributed by atoms with Gasteiger partial charge in [-0.25, -0.2) is 4.79 Å². The van der Waals surface area contributed by atoms with Gasteiger partial charge in [0.1, 0.15) is 0 Å². The molecular formula is C17H13NO3. The maximum absolute atomic E-state index is 12.4. The molecule has 1 aliphatic heterocycles. The Morgan fingerprint density at radius 3 is 1.81 bits per heavy atom. The summed E-state index contributed by atoms with van der Waals surface area (Å²) in [5.41, 5.74) is 3.06. The van der Waals surface area contributed by atoms with Crippen molar-refractivity contribution in [2.75, 3.05) is 12.0 Å². The van der Waals surface area contributed by atoms with Gasteiger partial charge in [0.2, 0.25) is 0 Å². The third kappa shape index (κ3) is 2.21. The predicted molar refractivity (Wildman–Crippen MR) is 81.0 cm³/mol. The van der Waals surface area contributed by atoms with E-state index in [9.17, 15) is 9.59 Å². The number of para-hydroxylation sites is 2. The van der Waals surface area contributed by atoms with E-state index >= 15 is 0 Å². The van der Waals surface area contributed by atoms with E-state index in [1.54, 1.807) is 0 Å². The lowest BCUT2D eigenvalue weighted by Crippen LogP contribution is -2.34. The quantitative estimate of drug-likeness (QED) is 0.550. The van der Waals surface area contributed by atoms with Crippen molar-refractivity contribution in [2.24, 2.45) is 0 Å². The van der Waals surface area contributed by atoms with E-state index in [4.69, 9.17) is 0 Å². The number of ether oxygens (including phenoxy) is 1. The summed E-state index contributed by atoms with van der Waals surface area (Å²) in [6, 6.07) is 14.9. The van der Waals surface area contributed by atoms with Gasteiger partial charge in [0.25, 0.3) is 0 Å². The lowest BCUT2D eigenvalue weighted by atomic mass is 10.1. The zero-order valence-electron chi connectivity index (χ0n) is 11.4. The van der Waals surface area contributed by atoms with Gasteiger partial charge < -0.3 is 4.74 Å². The van der Waals surface area contributed by atoms with E-state index in [0.717, 1.165) is 11.1 Å². The van der Waals surface area contributed by atoms with Crippen LogP contribution in [0.2, 0.25) is 0 Å². The molecule has 3 rings (SSSR count). The molecule has 0 bridgehead atoms. The Balaban J connectivity index is 2.24. The molecule has 0 saturated heterocycles. The molecule has 0 spiro atoms. The summed E-state index contributed by atoms with van der Waals surface area (Å²) in [5.74, 6) is -1.59. The lowest BCUT2D eigenvalue weighted by Gasteiger charge is -2.23. The monoisotopic (exact) mass is 279 g/mol. The minimum Gasteiger partial charge on any atom is -0.462 e. The van der Waals surface area contributed by atoms with Crippen molar-refractivity contribution in [3.05, 3.63) is 59.7 Å². The molecule has 104 valence electrons. The smallest absolute Gasteiger partial charge is 0.397 e. The van der Waals surface area contributed by atoms with Crippen LogP contribution in [-0.2, 0) is 14.3 Å². The first-order valence-electron chi connectivity index (χ1n) is 6.51. The van der Waals surface area contributed by atoms with Gasteiger partial charge in [0, 0.05) is 0 Å². The molecule has 0 atom stereocenters. The van der Waals surface area contributed by atoms with Crippen LogP contribution in [0.1, 0.15) is 11.1 Å². The van der Waals surface area contributed by atoms with Gasteiger partial charge in [0.15, 0.2) is 0 Å². The molecule has 4 nitrogen and oxygen atoms in total. The molecule has 2 aromatic carbocycles. The van der Waals surface area contributed by atoms with Gasteiger partial charge >= 0.3 is 11.9 Å². The number of fused-ring (bicyclic) bond motifs is 2. The molecular weight excluding hydrogens is 266 g/mol. The highest BCUT2D eigenvalue weighted by Crippen LogP contribution is 2.36. The highest BCUT2D eigenvalue weighted by molar-refractivity contribution is 6.40. The number of amides is 1. The van der Waals surface area contributed by atoms with Gasteiger partial charge in [-0.1, -0.05) is 48.6 Å². The summed E-state index contributed by atoms with van der Waals surface area (Å²) in [5, 5.41) is 0. The second-order valence-corrected chi connectivity index (χ2v) is 4.58. The Kier molecular flexibility index (Phi) is 3.28. The Hall–Kier alpha value is -2.88. The van der Waals surface area contributed by atoms with Crippen LogP contribution in [0, 0.1) is 0 Å². The van der Waals surface area contributed by atoms with E-state index in [1.165, 1.54) is 12.0 Å². The highest BCUT2D eigenvalue weighted by Gasteiger charge is 2.29. The fraction of sp³-hybridized carbons (Fsp3) is 0.0588. The van der Waals surface area contributed by atoms with Gasteiger partial charge in [-0.05, 0) is 23.3 Å². The van der Waals surface area contributed by atoms with Gasteiger partial charge in [-0.3, -0.25) is 9.69 Å². The van der Waals surface area contributed by atoms with E-state index in [2.05, 4.69) is 4.74 Å². The first-order chi connectivity index (χ1) is 10.2. The third-order valence-corrected chi connectivity index (χ3v) is 3.36. The van der Waals surface area contributed by atoms with Gasteiger partial charge in [-0.15, -0.1) is 0 Å². The predicted octanol–water partition coefficient (Wildman–Crippen LogP) is 3.01. The summed E-state index contributed by atoms with van der Waals surface area (Å²) < 4.78 is 4.59. The molecule has 0 saturated carbocycles. The molecule has 0 aromatic heterocycles.